The van der Waals surface area contributed by atoms with Crippen LogP contribution < -0.4 is 4.74 Å². The molecule has 0 spiro atoms. The van der Waals surface area contributed by atoms with Crippen LogP contribution in [0.15, 0.2) is 34.9 Å². The van der Waals surface area contributed by atoms with Gasteiger partial charge in [0.1, 0.15) is 23.6 Å². The minimum Gasteiger partial charge on any atom is -0.490 e. The average molecular weight is 385 g/mol. The Morgan fingerprint density at radius 3 is 2.78 bits per heavy atom. The number of halogens is 1. The molecule has 1 aliphatic rings. The van der Waals surface area contributed by atoms with Crippen LogP contribution in [0.3, 0.4) is 0 Å². The molecular formula is C20H17ClN2O4. The van der Waals surface area contributed by atoms with Crippen molar-refractivity contribution in [2.45, 2.75) is 13.0 Å². The summed E-state index contributed by atoms with van der Waals surface area (Å²) in [6, 6.07) is 6.64. The van der Waals surface area contributed by atoms with Gasteiger partial charge in [0.2, 0.25) is 5.78 Å². The summed E-state index contributed by atoms with van der Waals surface area (Å²) < 4.78 is 11.5. The van der Waals surface area contributed by atoms with Crippen molar-refractivity contribution in [2.75, 3.05) is 20.7 Å². The molecule has 0 saturated carbocycles. The van der Waals surface area contributed by atoms with Gasteiger partial charge in [-0.2, -0.15) is 0 Å². The van der Waals surface area contributed by atoms with Crippen LogP contribution in [0, 0.1) is 0 Å². The van der Waals surface area contributed by atoms with E-state index in [1.165, 1.54) is 6.20 Å². The Labute approximate surface area is 160 Å². The highest BCUT2D eigenvalue weighted by atomic mass is 35.5. The molecule has 0 N–H and O–H groups in total. The van der Waals surface area contributed by atoms with Crippen molar-refractivity contribution >= 4 is 34.1 Å². The molecule has 2 aromatic heterocycles. The van der Waals surface area contributed by atoms with E-state index >= 15 is 0 Å². The molecule has 0 aliphatic heterocycles. The maximum atomic E-state index is 12.9. The number of benzene rings is 1. The van der Waals surface area contributed by atoms with E-state index in [0.717, 1.165) is 0 Å². The third kappa shape index (κ3) is 2.81. The molecule has 3 aromatic rings. The van der Waals surface area contributed by atoms with E-state index in [9.17, 15) is 9.59 Å². The van der Waals surface area contributed by atoms with Crippen molar-refractivity contribution in [1.82, 2.24) is 9.88 Å². The summed E-state index contributed by atoms with van der Waals surface area (Å²) in [4.78, 5) is 31.6. The number of rotatable bonds is 4. The molecule has 0 fully saturated rings. The number of nitrogens with zero attached hydrogens (tertiary/aromatic N) is 2. The number of fused-ring (bicyclic) bond motifs is 4. The van der Waals surface area contributed by atoms with E-state index in [2.05, 4.69) is 4.98 Å². The van der Waals surface area contributed by atoms with E-state index in [1.54, 1.807) is 24.3 Å². The maximum Gasteiger partial charge on any atom is 0.248 e. The van der Waals surface area contributed by atoms with Gasteiger partial charge in [-0.3, -0.25) is 14.6 Å². The Kier molecular flexibility index (Phi) is 4.25. The van der Waals surface area contributed by atoms with Crippen molar-refractivity contribution in [3.63, 3.8) is 0 Å². The van der Waals surface area contributed by atoms with Crippen molar-refractivity contribution in [3.8, 4) is 5.75 Å². The van der Waals surface area contributed by atoms with Gasteiger partial charge in [0.05, 0.1) is 16.1 Å². The second kappa shape index (κ2) is 6.48. The van der Waals surface area contributed by atoms with Gasteiger partial charge in [-0.25, -0.2) is 0 Å². The van der Waals surface area contributed by atoms with Crippen molar-refractivity contribution < 1.29 is 18.7 Å². The summed E-state index contributed by atoms with van der Waals surface area (Å²) in [5.74, 6) is -0.260. The molecule has 1 atom stereocenters. The van der Waals surface area contributed by atoms with E-state index in [4.69, 9.17) is 20.8 Å². The van der Waals surface area contributed by atoms with Gasteiger partial charge in [0, 0.05) is 23.7 Å². The lowest BCUT2D eigenvalue weighted by atomic mass is 9.90. The standard InChI is InChI=1S/C20H17ClN2O4/c1-10(23(2)3)9-26-15-8-14-12(7-13(15)21)16-18(24)11-5-4-6-22-17(11)19(25)20(16)27-14/h4-8,10H,9H2,1-3H3. The molecule has 1 aromatic carbocycles. The predicted molar refractivity (Wildman–Crippen MR) is 101 cm³/mol. The third-order valence-electron chi connectivity index (χ3n) is 4.80. The van der Waals surface area contributed by atoms with Gasteiger partial charge in [-0.1, -0.05) is 11.6 Å². The first-order valence-electron chi connectivity index (χ1n) is 8.48. The van der Waals surface area contributed by atoms with Gasteiger partial charge >= 0.3 is 0 Å². The number of furan rings is 1. The first kappa shape index (κ1) is 17.7. The Balaban J connectivity index is 1.79. The molecule has 0 radical (unpaired) electrons. The highest BCUT2D eigenvalue weighted by Gasteiger charge is 2.36. The van der Waals surface area contributed by atoms with Crippen LogP contribution in [0.25, 0.3) is 11.0 Å². The number of ketones is 2. The Bertz CT molecular complexity index is 1090. The highest BCUT2D eigenvalue weighted by molar-refractivity contribution is 6.34. The molecule has 1 aliphatic carbocycles. The summed E-state index contributed by atoms with van der Waals surface area (Å²) in [6.45, 7) is 2.46. The molecule has 27 heavy (non-hydrogen) atoms. The van der Waals surface area contributed by atoms with Crippen molar-refractivity contribution in [2.24, 2.45) is 0 Å². The second-order valence-corrected chi connectivity index (χ2v) is 7.17. The first-order valence-corrected chi connectivity index (χ1v) is 8.86. The average Bonchev–Trinajstić information content (AvgIpc) is 3.02. The molecule has 0 amide bonds. The van der Waals surface area contributed by atoms with Crippen LogP contribution in [0.2, 0.25) is 5.02 Å². The summed E-state index contributed by atoms with van der Waals surface area (Å²) in [5, 5.41) is 0.852. The van der Waals surface area contributed by atoms with Crippen LogP contribution in [0.4, 0.5) is 0 Å². The minimum atomic E-state index is -0.406. The number of ether oxygens (including phenoxy) is 1. The molecule has 0 saturated heterocycles. The van der Waals surface area contributed by atoms with Gasteiger partial charge in [0.15, 0.2) is 11.5 Å². The van der Waals surface area contributed by atoms with Crippen LogP contribution in [0.1, 0.15) is 39.1 Å². The molecule has 1 unspecified atom stereocenters. The Hall–Kier alpha value is -2.70. The Morgan fingerprint density at radius 2 is 2.04 bits per heavy atom. The number of hydrogen-bond acceptors (Lipinski definition) is 6. The fourth-order valence-electron chi connectivity index (χ4n) is 2.96. The Morgan fingerprint density at radius 1 is 1.26 bits per heavy atom. The smallest absolute Gasteiger partial charge is 0.248 e. The number of hydrogen-bond donors (Lipinski definition) is 0. The van der Waals surface area contributed by atoms with Gasteiger partial charge in [-0.15, -0.1) is 0 Å². The molecule has 6 nitrogen and oxygen atoms in total. The fraction of sp³-hybridized carbons (Fsp3) is 0.250. The van der Waals surface area contributed by atoms with Crippen LogP contribution in [0.5, 0.6) is 5.75 Å². The van der Waals surface area contributed by atoms with E-state index < -0.39 is 5.78 Å². The van der Waals surface area contributed by atoms with E-state index in [-0.39, 0.29) is 34.4 Å². The fourth-order valence-corrected chi connectivity index (χ4v) is 3.18. The first-order chi connectivity index (χ1) is 12.9. The highest BCUT2D eigenvalue weighted by Crippen LogP contribution is 2.38. The van der Waals surface area contributed by atoms with Gasteiger partial charge < -0.3 is 14.1 Å². The SMILES string of the molecule is CC(COc1cc2oc3c(c2cc1Cl)C(=O)c1cccnc1C3=O)N(C)C. The zero-order chi connectivity index (χ0) is 19.3. The summed E-state index contributed by atoms with van der Waals surface area (Å²) in [7, 11) is 3.92. The topological polar surface area (TPSA) is 72.6 Å². The molecule has 7 heteroatoms. The normalized spacial score (nSPS) is 14.4. The van der Waals surface area contributed by atoms with Crippen LogP contribution in [-0.4, -0.2) is 48.2 Å². The zero-order valence-corrected chi connectivity index (χ0v) is 15.8. The number of carbonyl (C=O) groups is 2. The quantitative estimate of drug-likeness (QED) is 0.535. The summed E-state index contributed by atoms with van der Waals surface area (Å²) in [5.41, 5.74) is 0.988. The molecule has 138 valence electrons. The van der Waals surface area contributed by atoms with Gasteiger partial charge in [-0.05, 0) is 39.2 Å². The largest absolute Gasteiger partial charge is 0.490 e. The molecule has 0 bridgehead atoms. The minimum absolute atomic E-state index is 0.00363. The van der Waals surface area contributed by atoms with Crippen LogP contribution >= 0.6 is 11.6 Å². The zero-order valence-electron chi connectivity index (χ0n) is 15.1. The number of likely N-dealkylation sites (N-methyl/N-ethyl adjacent to an activating group) is 1. The third-order valence-corrected chi connectivity index (χ3v) is 5.10. The van der Waals surface area contributed by atoms with Crippen LogP contribution in [-0.2, 0) is 0 Å². The molecule has 4 rings (SSSR count). The summed E-state index contributed by atoms with van der Waals surface area (Å²) >= 11 is 6.36. The molecular weight excluding hydrogens is 368 g/mol. The second-order valence-electron chi connectivity index (χ2n) is 6.77. The maximum absolute atomic E-state index is 12.9. The van der Waals surface area contributed by atoms with E-state index in [0.29, 0.717) is 28.3 Å². The predicted octanol–water partition coefficient (Wildman–Crippen LogP) is 3.59. The summed E-state index contributed by atoms with van der Waals surface area (Å²) in [6.07, 6.45) is 1.48. The lowest BCUT2D eigenvalue weighted by Crippen LogP contribution is -2.30. The van der Waals surface area contributed by atoms with Gasteiger partial charge in [0.25, 0.3) is 0 Å². The number of aromatic nitrogens is 1. The monoisotopic (exact) mass is 384 g/mol. The molecule has 2 heterocycles. The lowest BCUT2D eigenvalue weighted by Gasteiger charge is -2.20. The lowest BCUT2D eigenvalue weighted by molar-refractivity contribution is 0.0958. The van der Waals surface area contributed by atoms with Crippen molar-refractivity contribution in [1.29, 1.82) is 0 Å². The number of carbonyl (C=O) groups excluding carboxylic acids is 2. The van der Waals surface area contributed by atoms with E-state index in [1.807, 2.05) is 25.9 Å². The van der Waals surface area contributed by atoms with Crippen molar-refractivity contribution in [3.05, 3.63) is 58.1 Å². The number of pyridine rings is 1.